The summed E-state index contributed by atoms with van der Waals surface area (Å²) in [5.41, 5.74) is 0. The van der Waals surface area contributed by atoms with Gasteiger partial charge in [-0.15, -0.1) is 0 Å². The molecule has 0 aliphatic carbocycles. The molecule has 3 nitrogen and oxygen atoms in total. The van der Waals surface area contributed by atoms with Crippen molar-refractivity contribution in [3.8, 4) is 0 Å². The van der Waals surface area contributed by atoms with Crippen molar-refractivity contribution in [1.29, 1.82) is 0 Å². The molecule has 0 bridgehead atoms. The second-order valence-corrected chi connectivity index (χ2v) is 6.91. The van der Waals surface area contributed by atoms with Crippen LogP contribution in [0.25, 0.3) is 0 Å². The zero-order valence-corrected chi connectivity index (χ0v) is 11.3. The third-order valence-corrected chi connectivity index (χ3v) is 4.81. The van der Waals surface area contributed by atoms with Crippen molar-refractivity contribution in [3.05, 3.63) is 5.15 Å². The Balaban J connectivity index is 2.09. The lowest BCUT2D eigenvalue weighted by molar-refractivity contribution is 0.636. The summed E-state index contributed by atoms with van der Waals surface area (Å²) in [6.07, 6.45) is 1.16. The van der Waals surface area contributed by atoms with Crippen LogP contribution in [0.2, 0.25) is 5.15 Å². The number of halogens is 1. The summed E-state index contributed by atoms with van der Waals surface area (Å²) in [5.74, 6) is 1.99. The lowest BCUT2D eigenvalue weighted by Crippen LogP contribution is -2.27. The first-order valence-corrected chi connectivity index (χ1v) is 7.05. The highest BCUT2D eigenvalue weighted by atomic mass is 35.5. The Labute approximate surface area is 104 Å². The second-order valence-electron chi connectivity index (χ2n) is 4.22. The van der Waals surface area contributed by atoms with Crippen molar-refractivity contribution < 1.29 is 0 Å². The molecule has 15 heavy (non-hydrogen) atoms. The fourth-order valence-electron chi connectivity index (χ4n) is 1.59. The molecule has 1 aromatic rings. The minimum Gasteiger partial charge on any atom is -0.352 e. The first-order chi connectivity index (χ1) is 7.08. The van der Waals surface area contributed by atoms with Crippen LogP contribution in [0.1, 0.15) is 20.3 Å². The largest absolute Gasteiger partial charge is 0.352 e. The molecule has 1 saturated heterocycles. The lowest BCUT2D eigenvalue weighted by atomic mass is 10.1. The summed E-state index contributed by atoms with van der Waals surface area (Å²) in [6, 6.07) is 0. The van der Waals surface area contributed by atoms with Crippen LogP contribution in [0, 0.1) is 0 Å². The van der Waals surface area contributed by atoms with Gasteiger partial charge in [0.15, 0.2) is 11.0 Å². The van der Waals surface area contributed by atoms with Gasteiger partial charge >= 0.3 is 0 Å². The molecule has 84 valence electrons. The molecule has 0 aromatic carbocycles. The van der Waals surface area contributed by atoms with E-state index in [4.69, 9.17) is 11.6 Å². The molecule has 0 saturated carbocycles. The average Bonchev–Trinajstić information content (AvgIpc) is 2.49. The van der Waals surface area contributed by atoms with Crippen molar-refractivity contribution in [2.45, 2.75) is 25.0 Å². The lowest BCUT2D eigenvalue weighted by Gasteiger charge is -2.22. The van der Waals surface area contributed by atoms with E-state index in [0.717, 1.165) is 31.1 Å². The minimum atomic E-state index is 0.366. The molecule has 1 fully saturated rings. The first-order valence-electron chi connectivity index (χ1n) is 4.95. The van der Waals surface area contributed by atoms with Gasteiger partial charge in [-0.2, -0.15) is 20.5 Å². The van der Waals surface area contributed by atoms with Crippen molar-refractivity contribution >= 4 is 40.9 Å². The number of hydrogen-bond donors (Lipinski definition) is 0. The summed E-state index contributed by atoms with van der Waals surface area (Å²) < 4.78 is 8.62. The first kappa shape index (κ1) is 11.5. The van der Waals surface area contributed by atoms with Crippen LogP contribution in [-0.2, 0) is 0 Å². The average molecular weight is 264 g/mol. The molecule has 0 spiro atoms. The highest BCUT2D eigenvalue weighted by Crippen LogP contribution is 2.33. The maximum Gasteiger partial charge on any atom is 0.187 e. The van der Waals surface area contributed by atoms with Gasteiger partial charge in [-0.05, 0) is 6.42 Å². The topological polar surface area (TPSA) is 29.0 Å². The number of aromatic nitrogens is 2. The van der Waals surface area contributed by atoms with Gasteiger partial charge in [0, 0.05) is 23.6 Å². The second kappa shape index (κ2) is 4.47. The molecule has 0 radical (unpaired) electrons. The summed E-state index contributed by atoms with van der Waals surface area (Å²) in [6.45, 7) is 6.62. The van der Waals surface area contributed by atoms with Gasteiger partial charge in [0.25, 0.3) is 0 Å². The Hall–Kier alpha value is -0.0000000000000000555. The van der Waals surface area contributed by atoms with Gasteiger partial charge in [-0.3, -0.25) is 0 Å². The van der Waals surface area contributed by atoms with E-state index in [0.29, 0.717) is 9.90 Å². The molecule has 0 atom stereocenters. The van der Waals surface area contributed by atoms with Crippen LogP contribution in [0.3, 0.4) is 0 Å². The zero-order chi connectivity index (χ0) is 10.9. The quantitative estimate of drug-likeness (QED) is 0.779. The molecule has 2 rings (SSSR count). The van der Waals surface area contributed by atoms with E-state index in [1.165, 1.54) is 11.7 Å². The van der Waals surface area contributed by atoms with E-state index in [1.54, 1.807) is 0 Å². The maximum absolute atomic E-state index is 5.99. The van der Waals surface area contributed by atoms with E-state index in [9.17, 15) is 0 Å². The molecule has 1 aliphatic rings. The summed E-state index contributed by atoms with van der Waals surface area (Å²) in [5, 5.41) is 0.546. The molecule has 0 N–H and O–H groups in total. The van der Waals surface area contributed by atoms with Gasteiger partial charge < -0.3 is 4.90 Å². The van der Waals surface area contributed by atoms with Crippen LogP contribution in [0.4, 0.5) is 5.82 Å². The van der Waals surface area contributed by atoms with Crippen molar-refractivity contribution in [3.63, 3.8) is 0 Å². The van der Waals surface area contributed by atoms with Crippen LogP contribution in [0.15, 0.2) is 0 Å². The van der Waals surface area contributed by atoms with E-state index in [2.05, 4.69) is 27.5 Å². The van der Waals surface area contributed by atoms with Crippen molar-refractivity contribution in [2.75, 3.05) is 23.7 Å². The van der Waals surface area contributed by atoms with E-state index >= 15 is 0 Å². The van der Waals surface area contributed by atoms with Gasteiger partial charge in [-0.25, -0.2) is 0 Å². The third-order valence-electron chi connectivity index (χ3n) is 2.57. The van der Waals surface area contributed by atoms with Crippen molar-refractivity contribution in [2.24, 2.45) is 0 Å². The molecule has 0 amide bonds. The Kier molecular flexibility index (Phi) is 3.42. The fourth-order valence-corrected chi connectivity index (χ4v) is 3.47. The van der Waals surface area contributed by atoms with E-state index < -0.39 is 0 Å². The molecule has 2 heterocycles. The smallest absolute Gasteiger partial charge is 0.187 e. The van der Waals surface area contributed by atoms with Crippen LogP contribution < -0.4 is 4.90 Å². The number of rotatable bonds is 1. The summed E-state index contributed by atoms with van der Waals surface area (Å²) in [4.78, 5) is 2.24. The molecular formula is C9H14ClN3S2. The Morgan fingerprint density at radius 2 is 2.13 bits per heavy atom. The van der Waals surface area contributed by atoms with Gasteiger partial charge in [0.2, 0.25) is 0 Å². The molecule has 1 aromatic heterocycles. The highest BCUT2D eigenvalue weighted by molar-refractivity contribution is 8.00. The highest BCUT2D eigenvalue weighted by Gasteiger charge is 2.25. The number of nitrogens with zero attached hydrogens (tertiary/aromatic N) is 3. The Morgan fingerprint density at radius 1 is 1.33 bits per heavy atom. The fraction of sp³-hybridized carbons (Fsp3) is 0.778. The molecular weight excluding hydrogens is 250 g/mol. The monoisotopic (exact) mass is 263 g/mol. The van der Waals surface area contributed by atoms with Gasteiger partial charge in [0.1, 0.15) is 0 Å². The van der Waals surface area contributed by atoms with Gasteiger partial charge in [0.05, 0.1) is 11.7 Å². The molecule has 0 unspecified atom stereocenters. The third kappa shape index (κ3) is 2.77. The SMILES string of the molecule is CC1(C)CCN(c2nsnc2Cl)CCS1. The van der Waals surface area contributed by atoms with Crippen molar-refractivity contribution in [1.82, 2.24) is 8.75 Å². The molecule has 6 heteroatoms. The predicted octanol–water partition coefficient (Wildman–Crippen LogP) is 2.91. The number of hydrogen-bond acceptors (Lipinski definition) is 5. The number of anilines is 1. The molecule has 1 aliphatic heterocycles. The van der Waals surface area contributed by atoms with Crippen LogP contribution in [0.5, 0.6) is 0 Å². The maximum atomic E-state index is 5.99. The zero-order valence-electron chi connectivity index (χ0n) is 8.86. The Bertz CT molecular complexity index is 340. The summed E-state index contributed by atoms with van der Waals surface area (Å²) >= 11 is 9.19. The van der Waals surface area contributed by atoms with Crippen LogP contribution in [-0.4, -0.2) is 32.3 Å². The van der Waals surface area contributed by atoms with E-state index in [-0.39, 0.29) is 0 Å². The van der Waals surface area contributed by atoms with Crippen LogP contribution >= 0.6 is 35.1 Å². The number of thioether (sulfide) groups is 1. The predicted molar refractivity (Wildman–Crippen MR) is 68.3 cm³/mol. The normalized spacial score (nSPS) is 21.4. The standard InChI is InChI=1S/C9H14ClN3S2/c1-9(2)3-4-13(5-6-14-9)8-7(10)11-15-12-8/h3-6H2,1-2H3. The van der Waals surface area contributed by atoms with Gasteiger partial charge in [-0.1, -0.05) is 25.4 Å². The van der Waals surface area contributed by atoms with E-state index in [1.807, 2.05) is 11.8 Å². The minimum absolute atomic E-state index is 0.366. The Morgan fingerprint density at radius 3 is 2.80 bits per heavy atom. The summed E-state index contributed by atoms with van der Waals surface area (Å²) in [7, 11) is 0.